The molecule has 29 heavy (non-hydrogen) atoms. The van der Waals surface area contributed by atoms with E-state index >= 15 is 0 Å². The summed E-state index contributed by atoms with van der Waals surface area (Å²) in [6.45, 7) is 5.77. The van der Waals surface area contributed by atoms with Crippen LogP contribution in [0.4, 0.5) is 13.2 Å². The summed E-state index contributed by atoms with van der Waals surface area (Å²) in [5.74, 6) is 2.37. The molecule has 2 aliphatic heterocycles. The van der Waals surface area contributed by atoms with Gasteiger partial charge >= 0.3 is 6.18 Å². The van der Waals surface area contributed by atoms with Gasteiger partial charge in [0.2, 0.25) is 0 Å². The van der Waals surface area contributed by atoms with Crippen molar-refractivity contribution in [2.24, 2.45) is 10.9 Å². The summed E-state index contributed by atoms with van der Waals surface area (Å²) in [6, 6.07) is 0. The van der Waals surface area contributed by atoms with Gasteiger partial charge < -0.3 is 15.4 Å². The maximum Gasteiger partial charge on any atom is 0.401 e. The number of piperidine rings is 1. The first kappa shape index (κ1) is 27.1. The molecule has 2 N–H and O–H groups in total. The molecule has 2 fully saturated rings. The van der Waals surface area contributed by atoms with Gasteiger partial charge in [-0.25, -0.2) is 0 Å². The van der Waals surface area contributed by atoms with Gasteiger partial charge in [-0.05, 0) is 56.9 Å². The molecule has 2 heterocycles. The van der Waals surface area contributed by atoms with Crippen molar-refractivity contribution in [2.45, 2.75) is 50.0 Å². The van der Waals surface area contributed by atoms with Crippen LogP contribution in [0.25, 0.3) is 0 Å². The van der Waals surface area contributed by atoms with Gasteiger partial charge in [0.25, 0.3) is 0 Å². The fourth-order valence-corrected chi connectivity index (χ4v) is 5.21. The van der Waals surface area contributed by atoms with Crippen LogP contribution in [0.5, 0.6) is 0 Å². The van der Waals surface area contributed by atoms with Gasteiger partial charge in [0.15, 0.2) is 5.96 Å². The average Bonchev–Trinajstić information content (AvgIpc) is 2.66. The first-order chi connectivity index (χ1) is 13.4. The normalized spacial score (nSPS) is 21.5. The topological polar surface area (TPSA) is 48.9 Å². The van der Waals surface area contributed by atoms with E-state index in [1.807, 2.05) is 11.8 Å². The summed E-state index contributed by atoms with van der Waals surface area (Å²) in [4.78, 5) is 5.84. The smallest absolute Gasteiger partial charge is 0.381 e. The Morgan fingerprint density at radius 2 is 1.86 bits per heavy atom. The zero-order valence-corrected chi connectivity index (χ0v) is 20.7. The van der Waals surface area contributed by atoms with Crippen molar-refractivity contribution in [2.75, 3.05) is 58.7 Å². The van der Waals surface area contributed by atoms with Crippen LogP contribution in [-0.4, -0.2) is 80.5 Å². The number of hydrogen-bond acceptors (Lipinski definition) is 4. The highest BCUT2D eigenvalue weighted by Crippen LogP contribution is 2.34. The molecule has 0 bridgehead atoms. The van der Waals surface area contributed by atoms with Crippen LogP contribution < -0.4 is 10.6 Å². The van der Waals surface area contributed by atoms with Crippen LogP contribution in [0.15, 0.2) is 4.99 Å². The summed E-state index contributed by atoms with van der Waals surface area (Å²) in [5, 5.41) is 6.83. The number of nitrogens with one attached hydrogen (secondary N) is 2. The Hall–Kier alpha value is 0.0600. The predicted molar refractivity (Wildman–Crippen MR) is 126 cm³/mol. The molecule has 0 aromatic carbocycles. The van der Waals surface area contributed by atoms with Gasteiger partial charge in [0.05, 0.1) is 6.54 Å². The first-order valence-electron chi connectivity index (χ1n) is 10.3. The second kappa shape index (κ2) is 13.5. The van der Waals surface area contributed by atoms with Crippen molar-refractivity contribution in [1.82, 2.24) is 15.5 Å². The van der Waals surface area contributed by atoms with E-state index in [2.05, 4.69) is 22.5 Å². The van der Waals surface area contributed by atoms with Crippen molar-refractivity contribution in [3.63, 3.8) is 0 Å². The van der Waals surface area contributed by atoms with Crippen molar-refractivity contribution < 1.29 is 17.9 Å². The Labute approximate surface area is 194 Å². The molecule has 0 atom stereocenters. The number of alkyl halides is 3. The fraction of sp³-hybridized carbons (Fsp3) is 0.947. The summed E-state index contributed by atoms with van der Waals surface area (Å²) < 4.78 is 43.1. The number of hydrogen-bond donors (Lipinski definition) is 2. The van der Waals surface area contributed by atoms with E-state index in [-0.39, 0.29) is 28.7 Å². The van der Waals surface area contributed by atoms with E-state index in [0.29, 0.717) is 19.0 Å². The third-order valence-corrected chi connectivity index (χ3v) is 7.06. The number of guanidine groups is 1. The quantitative estimate of drug-likeness (QED) is 0.273. The fourth-order valence-electron chi connectivity index (χ4n) is 3.97. The molecule has 2 rings (SSSR count). The average molecular weight is 552 g/mol. The maximum atomic E-state index is 12.5. The lowest BCUT2D eigenvalue weighted by atomic mass is 9.93. The van der Waals surface area contributed by atoms with Crippen molar-refractivity contribution in [1.29, 1.82) is 0 Å². The van der Waals surface area contributed by atoms with E-state index in [9.17, 15) is 13.2 Å². The Kier molecular flexibility index (Phi) is 12.6. The lowest BCUT2D eigenvalue weighted by Crippen LogP contribution is -2.48. The second-order valence-corrected chi connectivity index (χ2v) is 9.44. The molecule has 10 heteroatoms. The van der Waals surface area contributed by atoms with E-state index in [1.54, 1.807) is 7.05 Å². The van der Waals surface area contributed by atoms with Crippen LogP contribution in [0.1, 0.15) is 39.0 Å². The van der Waals surface area contributed by atoms with Gasteiger partial charge in [-0.1, -0.05) is 6.92 Å². The Morgan fingerprint density at radius 3 is 2.41 bits per heavy atom. The minimum atomic E-state index is -4.09. The molecule has 0 amide bonds. The molecule has 172 valence electrons. The summed E-state index contributed by atoms with van der Waals surface area (Å²) >= 11 is 1.99. The molecular formula is C19H36F3IN4OS. The second-order valence-electron chi connectivity index (χ2n) is 7.70. The minimum absolute atomic E-state index is 0. The zero-order chi connectivity index (χ0) is 20.5. The van der Waals surface area contributed by atoms with Gasteiger partial charge in [-0.15, -0.1) is 24.0 Å². The summed E-state index contributed by atoms with van der Waals surface area (Å²) in [7, 11) is 1.77. The van der Waals surface area contributed by atoms with Crippen molar-refractivity contribution in [3.05, 3.63) is 0 Å². The van der Waals surface area contributed by atoms with E-state index in [4.69, 9.17) is 4.74 Å². The van der Waals surface area contributed by atoms with E-state index in [1.165, 1.54) is 4.90 Å². The molecule has 0 radical (unpaired) electrons. The monoisotopic (exact) mass is 552 g/mol. The molecule has 0 spiro atoms. The highest BCUT2D eigenvalue weighted by atomic mass is 127. The lowest BCUT2D eigenvalue weighted by Gasteiger charge is -2.37. The third kappa shape index (κ3) is 10.3. The van der Waals surface area contributed by atoms with E-state index in [0.717, 1.165) is 70.1 Å². The lowest BCUT2D eigenvalue weighted by molar-refractivity contribution is -0.148. The van der Waals surface area contributed by atoms with Gasteiger partial charge in [-0.2, -0.15) is 24.9 Å². The highest BCUT2D eigenvalue weighted by Gasteiger charge is 2.33. The van der Waals surface area contributed by atoms with Gasteiger partial charge in [0, 0.05) is 38.1 Å². The first-order valence-corrected chi connectivity index (χ1v) is 11.3. The van der Waals surface area contributed by atoms with E-state index < -0.39 is 12.7 Å². The standard InChI is InChI=1S/C19H35F3N4OS.HI/c1-3-28-18(7-12-27-13-8-18)14-25-17(23-2)24-9-4-16-5-10-26(11-6-16)15-19(20,21)22;/h16H,3-15H2,1-2H3,(H2,23,24,25);1H. The predicted octanol–water partition coefficient (Wildman–Crippen LogP) is 3.74. The van der Waals surface area contributed by atoms with Crippen LogP contribution in [-0.2, 0) is 4.74 Å². The Morgan fingerprint density at radius 1 is 1.21 bits per heavy atom. The zero-order valence-electron chi connectivity index (χ0n) is 17.5. The van der Waals surface area contributed by atoms with Gasteiger partial charge in [-0.3, -0.25) is 9.89 Å². The number of likely N-dealkylation sites (tertiary alicyclic amines) is 1. The molecule has 2 saturated heterocycles. The number of aliphatic imine (C=N–C) groups is 1. The largest absolute Gasteiger partial charge is 0.401 e. The molecule has 0 aromatic rings. The highest BCUT2D eigenvalue weighted by molar-refractivity contribution is 14.0. The van der Waals surface area contributed by atoms with Crippen molar-refractivity contribution >= 4 is 41.7 Å². The molecule has 0 unspecified atom stereocenters. The molecule has 2 aliphatic rings. The molecule has 0 aromatic heterocycles. The van der Waals surface area contributed by atoms with Crippen LogP contribution in [0.3, 0.4) is 0 Å². The van der Waals surface area contributed by atoms with Gasteiger partial charge in [0.1, 0.15) is 0 Å². The summed E-state index contributed by atoms with van der Waals surface area (Å²) in [5.41, 5.74) is 0. The summed E-state index contributed by atoms with van der Waals surface area (Å²) in [6.07, 6.45) is 0.631. The number of halogens is 4. The van der Waals surface area contributed by atoms with Crippen LogP contribution >= 0.6 is 35.7 Å². The maximum absolute atomic E-state index is 12.5. The SMILES string of the molecule is CCSC1(CNC(=NC)NCCC2CCN(CC(F)(F)F)CC2)CCOCC1.I. The number of rotatable bonds is 8. The number of ether oxygens (including phenoxy) is 1. The molecule has 0 aliphatic carbocycles. The Balaban J connectivity index is 0.00000420. The molecular weight excluding hydrogens is 516 g/mol. The minimum Gasteiger partial charge on any atom is -0.381 e. The number of nitrogens with zero attached hydrogens (tertiary/aromatic N) is 2. The molecule has 0 saturated carbocycles. The Bertz CT molecular complexity index is 477. The van der Waals surface area contributed by atoms with Crippen LogP contribution in [0, 0.1) is 5.92 Å². The van der Waals surface area contributed by atoms with Crippen LogP contribution in [0.2, 0.25) is 0 Å². The van der Waals surface area contributed by atoms with Crippen molar-refractivity contribution in [3.8, 4) is 0 Å². The number of thioether (sulfide) groups is 1. The third-order valence-electron chi connectivity index (χ3n) is 5.61. The molecule has 5 nitrogen and oxygen atoms in total.